The van der Waals surface area contributed by atoms with E-state index in [1.54, 1.807) is 0 Å². The van der Waals surface area contributed by atoms with Crippen molar-refractivity contribution in [3.63, 3.8) is 0 Å². The summed E-state index contributed by atoms with van der Waals surface area (Å²) in [6.45, 7) is 0. The minimum absolute atomic E-state index is 0.0678. The van der Waals surface area contributed by atoms with Crippen molar-refractivity contribution in [2.75, 3.05) is 0 Å². The molecule has 1 heterocycles. The first-order valence-corrected chi connectivity index (χ1v) is 4.85. The zero-order valence-electron chi connectivity index (χ0n) is 7.17. The average Bonchev–Trinajstić information content (AvgIpc) is 2.53. The molecular formula is C8H8F3NOS. The molecule has 6 heteroatoms. The molecule has 0 aliphatic carbocycles. The number of rotatable bonds is 4. The number of carbonyl (C=O) groups excluding carboxylic acids is 1. The van der Waals surface area contributed by atoms with E-state index in [1.807, 2.05) is 0 Å². The van der Waals surface area contributed by atoms with Gasteiger partial charge in [-0.1, -0.05) is 0 Å². The maximum absolute atomic E-state index is 11.7. The van der Waals surface area contributed by atoms with E-state index in [4.69, 9.17) is 0 Å². The van der Waals surface area contributed by atoms with Crippen molar-refractivity contribution in [1.29, 1.82) is 0 Å². The molecule has 0 bridgehead atoms. The summed E-state index contributed by atoms with van der Waals surface area (Å²) in [7, 11) is 0. The summed E-state index contributed by atoms with van der Waals surface area (Å²) >= 11 is 1.15. The lowest BCUT2D eigenvalue weighted by Gasteiger charge is -2.03. The number of alkyl halides is 3. The van der Waals surface area contributed by atoms with E-state index in [1.165, 1.54) is 11.7 Å². The summed E-state index contributed by atoms with van der Waals surface area (Å²) in [5.74, 6) is -0.267. The predicted octanol–water partition coefficient (Wildman–Crippen LogP) is 3.06. The van der Waals surface area contributed by atoms with Gasteiger partial charge in [-0.25, -0.2) is 0 Å². The monoisotopic (exact) mass is 223 g/mol. The molecule has 0 spiro atoms. The molecule has 0 saturated carbocycles. The molecule has 1 rings (SSSR count). The minimum atomic E-state index is -4.17. The number of carbonyl (C=O) groups is 1. The van der Waals surface area contributed by atoms with E-state index in [-0.39, 0.29) is 18.6 Å². The first-order valence-electron chi connectivity index (χ1n) is 3.97. The Balaban J connectivity index is 2.30. The molecule has 0 N–H and O–H groups in total. The van der Waals surface area contributed by atoms with Gasteiger partial charge >= 0.3 is 6.18 Å². The van der Waals surface area contributed by atoms with E-state index >= 15 is 0 Å². The highest BCUT2D eigenvalue weighted by Crippen LogP contribution is 2.23. The van der Waals surface area contributed by atoms with Crippen LogP contribution in [-0.4, -0.2) is 16.9 Å². The van der Waals surface area contributed by atoms with Crippen molar-refractivity contribution in [1.82, 2.24) is 4.98 Å². The third-order valence-corrected chi connectivity index (χ3v) is 2.39. The van der Waals surface area contributed by atoms with Crippen molar-refractivity contribution in [2.24, 2.45) is 0 Å². The van der Waals surface area contributed by atoms with Crippen LogP contribution in [0, 0.1) is 0 Å². The quantitative estimate of drug-likeness (QED) is 0.734. The number of ketones is 1. The second kappa shape index (κ2) is 4.54. The molecule has 0 fully saturated rings. The fourth-order valence-corrected chi connectivity index (χ4v) is 1.52. The number of hydrogen-bond acceptors (Lipinski definition) is 3. The van der Waals surface area contributed by atoms with Crippen molar-refractivity contribution in [2.45, 2.75) is 25.4 Å². The Labute approximate surface area is 82.8 Å². The van der Waals surface area contributed by atoms with Crippen LogP contribution in [0.5, 0.6) is 0 Å². The van der Waals surface area contributed by atoms with Crippen LogP contribution in [0.3, 0.4) is 0 Å². The van der Waals surface area contributed by atoms with Crippen molar-refractivity contribution < 1.29 is 18.0 Å². The number of halogens is 3. The Morgan fingerprint density at radius 2 is 2.21 bits per heavy atom. The third kappa shape index (κ3) is 3.87. The summed E-state index contributed by atoms with van der Waals surface area (Å²) in [6, 6.07) is 0. The maximum atomic E-state index is 11.7. The van der Waals surface area contributed by atoms with Gasteiger partial charge in [0.05, 0.1) is 10.4 Å². The van der Waals surface area contributed by atoms with E-state index < -0.39 is 12.6 Å². The predicted molar refractivity (Wildman–Crippen MR) is 46.4 cm³/mol. The molecule has 14 heavy (non-hydrogen) atoms. The van der Waals surface area contributed by atoms with Crippen molar-refractivity contribution in [3.8, 4) is 0 Å². The van der Waals surface area contributed by atoms with Gasteiger partial charge in [-0.2, -0.15) is 13.2 Å². The topological polar surface area (TPSA) is 30.0 Å². The number of nitrogens with zero attached hydrogens (tertiary/aromatic N) is 1. The molecule has 0 aliphatic heterocycles. The fourth-order valence-electron chi connectivity index (χ4n) is 0.926. The number of hydrogen-bond donors (Lipinski definition) is 0. The summed E-state index contributed by atoms with van der Waals surface area (Å²) in [5, 5.41) is 0. The second-order valence-electron chi connectivity index (χ2n) is 2.76. The molecule has 0 amide bonds. The maximum Gasteiger partial charge on any atom is 0.389 e. The molecule has 0 aromatic carbocycles. The molecule has 78 valence electrons. The summed E-state index contributed by atoms with van der Waals surface area (Å²) in [4.78, 5) is 15.3. The lowest BCUT2D eigenvalue weighted by Crippen LogP contribution is -2.08. The van der Waals surface area contributed by atoms with Crippen LogP contribution in [0.4, 0.5) is 13.2 Å². The van der Waals surface area contributed by atoms with Crippen molar-refractivity contribution >= 4 is 17.1 Å². The van der Waals surface area contributed by atoms with E-state index in [0.29, 0.717) is 4.88 Å². The highest BCUT2D eigenvalue weighted by Gasteiger charge is 2.26. The van der Waals surface area contributed by atoms with Crippen LogP contribution < -0.4 is 0 Å². The third-order valence-electron chi connectivity index (χ3n) is 1.57. The van der Waals surface area contributed by atoms with Gasteiger partial charge in [0, 0.05) is 19.0 Å². The Morgan fingerprint density at radius 3 is 2.71 bits per heavy atom. The van der Waals surface area contributed by atoms with E-state index in [0.717, 1.165) is 11.3 Å². The summed E-state index contributed by atoms with van der Waals surface area (Å²) in [5.41, 5.74) is 1.48. The Bertz CT molecular complexity index is 294. The number of thiazole rings is 1. The van der Waals surface area contributed by atoms with Gasteiger partial charge in [-0.15, -0.1) is 11.3 Å². The van der Waals surface area contributed by atoms with E-state index in [9.17, 15) is 18.0 Å². The normalized spacial score (nSPS) is 11.6. The largest absolute Gasteiger partial charge is 0.389 e. The van der Waals surface area contributed by atoms with Crippen LogP contribution in [-0.2, 0) is 0 Å². The molecule has 0 aliphatic rings. The van der Waals surface area contributed by atoms with Gasteiger partial charge in [0.25, 0.3) is 0 Å². The van der Waals surface area contributed by atoms with Gasteiger partial charge < -0.3 is 0 Å². The smallest absolute Gasteiger partial charge is 0.293 e. The van der Waals surface area contributed by atoms with Crippen LogP contribution in [0.2, 0.25) is 0 Å². The van der Waals surface area contributed by atoms with Gasteiger partial charge in [-0.05, 0) is 6.42 Å². The van der Waals surface area contributed by atoms with Crippen LogP contribution >= 0.6 is 11.3 Å². The summed E-state index contributed by atoms with van der Waals surface area (Å²) < 4.78 is 35.2. The minimum Gasteiger partial charge on any atom is -0.293 e. The van der Waals surface area contributed by atoms with Crippen LogP contribution in [0.25, 0.3) is 0 Å². The molecule has 0 unspecified atom stereocenters. The standard InChI is InChI=1S/C8H8F3NOS/c9-8(10,11)3-1-2-6(13)7-4-12-5-14-7/h4-5H,1-3H2. The highest BCUT2D eigenvalue weighted by atomic mass is 32.1. The molecule has 0 saturated heterocycles. The molecule has 1 aromatic heterocycles. The Kier molecular flexibility index (Phi) is 3.62. The molecular weight excluding hydrogens is 215 g/mol. The van der Waals surface area contributed by atoms with Crippen molar-refractivity contribution in [3.05, 3.63) is 16.6 Å². The van der Waals surface area contributed by atoms with Crippen LogP contribution in [0.1, 0.15) is 28.9 Å². The first-order chi connectivity index (χ1) is 6.49. The summed E-state index contributed by atoms with van der Waals surface area (Å²) in [6.07, 6.45) is -3.92. The first kappa shape index (κ1) is 11.2. The van der Waals surface area contributed by atoms with Gasteiger partial charge in [-0.3, -0.25) is 9.78 Å². The zero-order chi connectivity index (χ0) is 10.6. The average molecular weight is 223 g/mol. The Hall–Kier alpha value is -0.910. The highest BCUT2D eigenvalue weighted by molar-refractivity contribution is 7.11. The van der Waals surface area contributed by atoms with E-state index in [2.05, 4.69) is 4.98 Å². The number of Topliss-reactive ketones (excluding diaryl/α,β-unsaturated/α-hetero) is 1. The number of aromatic nitrogens is 1. The molecule has 2 nitrogen and oxygen atoms in total. The molecule has 0 radical (unpaired) electrons. The lowest BCUT2D eigenvalue weighted by atomic mass is 10.1. The van der Waals surface area contributed by atoms with Gasteiger partial charge in [0.2, 0.25) is 0 Å². The lowest BCUT2D eigenvalue weighted by molar-refractivity contribution is -0.135. The van der Waals surface area contributed by atoms with Gasteiger partial charge in [0.1, 0.15) is 0 Å². The zero-order valence-corrected chi connectivity index (χ0v) is 7.99. The SMILES string of the molecule is O=C(CCCC(F)(F)F)c1cncs1. The molecule has 0 atom stereocenters. The van der Waals surface area contributed by atoms with Crippen LogP contribution in [0.15, 0.2) is 11.7 Å². The van der Waals surface area contributed by atoms with Gasteiger partial charge in [0.15, 0.2) is 5.78 Å². The second-order valence-corrected chi connectivity index (χ2v) is 3.64. The fraction of sp³-hybridized carbons (Fsp3) is 0.500. The Morgan fingerprint density at radius 1 is 1.50 bits per heavy atom. The molecule has 1 aromatic rings.